The molecule has 34 heavy (non-hydrogen) atoms. The second kappa shape index (κ2) is 9.97. The van der Waals surface area contributed by atoms with E-state index < -0.39 is 37.3 Å². The van der Waals surface area contributed by atoms with Crippen LogP contribution in [0.15, 0.2) is 47.4 Å². The van der Waals surface area contributed by atoms with Crippen molar-refractivity contribution in [2.75, 3.05) is 11.9 Å². The first-order chi connectivity index (χ1) is 16.0. The van der Waals surface area contributed by atoms with Gasteiger partial charge in [-0.2, -0.15) is 5.10 Å². The summed E-state index contributed by atoms with van der Waals surface area (Å²) in [5, 5.41) is 17.9. The van der Waals surface area contributed by atoms with Crippen molar-refractivity contribution < 1.29 is 27.3 Å². The first kappa shape index (κ1) is 24.8. The molecule has 1 amide bonds. The molecule has 0 atom stereocenters. The first-order valence-corrected chi connectivity index (χ1v) is 11.6. The summed E-state index contributed by atoms with van der Waals surface area (Å²) in [4.78, 5) is 22.7. The van der Waals surface area contributed by atoms with Crippen LogP contribution < -0.4 is 14.8 Å². The molecule has 0 radical (unpaired) electrons. The lowest BCUT2D eigenvalue weighted by Gasteiger charge is -2.13. The minimum Gasteiger partial charge on any atom is -0.438 e. The van der Waals surface area contributed by atoms with Crippen molar-refractivity contribution in [2.24, 2.45) is 7.05 Å². The minimum absolute atomic E-state index is 0.00254. The number of carbonyl (C=O) groups is 1. The maximum absolute atomic E-state index is 13.1. The second-order valence-corrected chi connectivity index (χ2v) is 8.99. The topological polar surface area (TPSA) is 145 Å². The predicted molar refractivity (Wildman–Crippen MR) is 121 cm³/mol. The Morgan fingerprint density at radius 2 is 1.91 bits per heavy atom. The van der Waals surface area contributed by atoms with Crippen LogP contribution in [0.2, 0.25) is 0 Å². The third-order valence-electron chi connectivity index (χ3n) is 4.71. The van der Waals surface area contributed by atoms with E-state index in [1.165, 1.54) is 42.1 Å². The van der Waals surface area contributed by atoms with Gasteiger partial charge in [-0.15, -0.1) is 0 Å². The molecule has 2 aromatic carbocycles. The Kier molecular flexibility index (Phi) is 7.27. The van der Waals surface area contributed by atoms with E-state index in [-0.39, 0.29) is 23.9 Å². The van der Waals surface area contributed by atoms with Crippen molar-refractivity contribution in [3.63, 3.8) is 0 Å². The number of aromatic nitrogens is 2. The molecule has 0 saturated carbocycles. The largest absolute Gasteiger partial charge is 0.438 e. The van der Waals surface area contributed by atoms with Gasteiger partial charge in [-0.05, 0) is 43.7 Å². The molecule has 0 bridgehead atoms. The number of ether oxygens (including phenoxy) is 1. The Bertz CT molecular complexity index is 1340. The van der Waals surface area contributed by atoms with Crippen molar-refractivity contribution in [2.45, 2.75) is 25.2 Å². The summed E-state index contributed by atoms with van der Waals surface area (Å²) in [6, 6.07) is 8.35. The minimum atomic E-state index is -4.13. The molecule has 0 aliphatic heterocycles. The quantitative estimate of drug-likeness (QED) is 0.344. The number of anilines is 1. The molecule has 2 N–H and O–H groups in total. The summed E-state index contributed by atoms with van der Waals surface area (Å²) in [7, 11) is -2.64. The van der Waals surface area contributed by atoms with Crippen LogP contribution in [0.1, 0.15) is 29.4 Å². The maximum atomic E-state index is 13.1. The van der Waals surface area contributed by atoms with Gasteiger partial charge in [0.05, 0.1) is 4.92 Å². The Morgan fingerprint density at radius 1 is 1.24 bits per heavy atom. The molecule has 3 rings (SSSR count). The Labute approximate surface area is 194 Å². The molecule has 3 aromatic rings. The Balaban J connectivity index is 1.96. The normalized spacial score (nSPS) is 11.3. The highest BCUT2D eigenvalue weighted by atomic mass is 32.2. The van der Waals surface area contributed by atoms with Gasteiger partial charge in [0.2, 0.25) is 15.9 Å². The number of amides is 1. The number of carbonyl (C=O) groups excluding carboxylic acids is 1. The van der Waals surface area contributed by atoms with Crippen LogP contribution in [0.25, 0.3) is 0 Å². The third-order valence-corrected chi connectivity index (χ3v) is 6.20. The Hall–Kier alpha value is -3.84. The number of hydrogen-bond donors (Lipinski definition) is 2. The maximum Gasteiger partial charge on any atom is 0.276 e. The number of nitrogens with zero attached hydrogens (tertiary/aromatic N) is 3. The average Bonchev–Trinajstić information content (AvgIpc) is 3.07. The number of nitrogens with one attached hydrogen (secondary N) is 2. The van der Waals surface area contributed by atoms with Gasteiger partial charge >= 0.3 is 0 Å². The molecular formula is C21H22FN5O6S. The van der Waals surface area contributed by atoms with E-state index in [0.717, 1.165) is 12.1 Å². The van der Waals surface area contributed by atoms with Gasteiger partial charge in [0.1, 0.15) is 16.5 Å². The zero-order valence-corrected chi connectivity index (χ0v) is 19.3. The van der Waals surface area contributed by atoms with Crippen LogP contribution >= 0.6 is 0 Å². The fourth-order valence-electron chi connectivity index (χ4n) is 3.02. The predicted octanol–water partition coefficient (Wildman–Crippen LogP) is 3.51. The van der Waals surface area contributed by atoms with Crippen LogP contribution in [0, 0.1) is 22.9 Å². The zero-order valence-electron chi connectivity index (χ0n) is 18.5. The van der Waals surface area contributed by atoms with E-state index in [1.54, 1.807) is 13.8 Å². The van der Waals surface area contributed by atoms with E-state index in [2.05, 4.69) is 15.1 Å². The van der Waals surface area contributed by atoms with Crippen LogP contribution in [-0.2, 0) is 17.1 Å². The summed E-state index contributed by atoms with van der Waals surface area (Å²) in [5.41, 5.74) is 0.220. The molecular weight excluding hydrogens is 469 g/mol. The van der Waals surface area contributed by atoms with Crippen LogP contribution in [0.5, 0.6) is 11.6 Å². The molecule has 180 valence electrons. The highest BCUT2D eigenvalue weighted by Gasteiger charge is 2.26. The lowest BCUT2D eigenvalue weighted by Crippen LogP contribution is -2.25. The summed E-state index contributed by atoms with van der Waals surface area (Å²) in [6.45, 7) is 3.45. The van der Waals surface area contributed by atoms with E-state index >= 15 is 0 Å². The fraction of sp³-hybridized carbons (Fsp3) is 0.238. The van der Waals surface area contributed by atoms with E-state index in [1.807, 2.05) is 0 Å². The monoisotopic (exact) mass is 491 g/mol. The summed E-state index contributed by atoms with van der Waals surface area (Å²) >= 11 is 0. The fourth-order valence-corrected chi connectivity index (χ4v) is 4.30. The number of aryl methyl sites for hydroxylation is 1. The summed E-state index contributed by atoms with van der Waals surface area (Å²) in [6.07, 6.45) is 0.512. The highest BCUT2D eigenvalue weighted by molar-refractivity contribution is 7.89. The van der Waals surface area contributed by atoms with Crippen molar-refractivity contribution in [3.05, 3.63) is 69.7 Å². The lowest BCUT2D eigenvalue weighted by molar-refractivity contribution is -0.385. The molecule has 0 unspecified atom stereocenters. The number of nitro benzene ring substituents is 1. The average molecular weight is 492 g/mol. The highest BCUT2D eigenvalue weighted by Crippen LogP contribution is 2.34. The number of halogens is 1. The number of hydrogen-bond acceptors (Lipinski definition) is 7. The zero-order chi connectivity index (χ0) is 25.0. The first-order valence-electron chi connectivity index (χ1n) is 10.1. The van der Waals surface area contributed by atoms with E-state index in [9.17, 15) is 27.7 Å². The third kappa shape index (κ3) is 5.38. The van der Waals surface area contributed by atoms with Crippen molar-refractivity contribution >= 4 is 27.3 Å². The standard InChI is InChI=1S/C21H22FN5O6S/c1-4-11-23-34(31,32)18-12-16(27(29)30)9-10-17(18)33-21-13(2)19(25-26(21)3)20(28)24-15-7-5-14(22)6-8-15/h5-10,12,23H,4,11H2,1-3H3,(H,24,28). The summed E-state index contributed by atoms with van der Waals surface area (Å²) in [5.74, 6) is -1.16. The van der Waals surface area contributed by atoms with Gasteiger partial charge in [-0.25, -0.2) is 22.2 Å². The van der Waals surface area contributed by atoms with Crippen LogP contribution in [-0.4, -0.2) is 35.6 Å². The summed E-state index contributed by atoms with van der Waals surface area (Å²) < 4.78 is 48.0. The van der Waals surface area contributed by atoms with Crippen molar-refractivity contribution in [1.82, 2.24) is 14.5 Å². The number of non-ortho nitro benzene ring substituents is 1. The van der Waals surface area contributed by atoms with Gasteiger partial charge < -0.3 is 10.1 Å². The van der Waals surface area contributed by atoms with E-state index in [0.29, 0.717) is 17.7 Å². The van der Waals surface area contributed by atoms with Crippen LogP contribution in [0.3, 0.4) is 0 Å². The molecule has 11 nitrogen and oxygen atoms in total. The molecule has 0 fully saturated rings. The number of rotatable bonds is 9. The van der Waals surface area contributed by atoms with Gasteiger partial charge in [-0.3, -0.25) is 14.9 Å². The molecule has 0 spiro atoms. The molecule has 0 aliphatic carbocycles. The second-order valence-electron chi connectivity index (χ2n) is 7.25. The van der Waals surface area contributed by atoms with Gasteiger partial charge in [-0.1, -0.05) is 6.92 Å². The number of nitro groups is 1. The smallest absolute Gasteiger partial charge is 0.276 e. The van der Waals surface area contributed by atoms with Crippen LogP contribution in [0.4, 0.5) is 15.8 Å². The SMILES string of the molecule is CCCNS(=O)(=O)c1cc([N+](=O)[O-])ccc1Oc1c(C)c(C(=O)Nc2ccc(F)cc2)nn1C. The van der Waals surface area contributed by atoms with Crippen molar-refractivity contribution in [1.29, 1.82) is 0 Å². The van der Waals surface area contributed by atoms with Gasteiger partial charge in [0.25, 0.3) is 11.6 Å². The molecule has 1 aromatic heterocycles. The van der Waals surface area contributed by atoms with Crippen molar-refractivity contribution in [3.8, 4) is 11.6 Å². The molecule has 13 heteroatoms. The van der Waals surface area contributed by atoms with Gasteiger partial charge in [0.15, 0.2) is 5.69 Å². The van der Waals surface area contributed by atoms with Gasteiger partial charge in [0, 0.05) is 37.0 Å². The Morgan fingerprint density at radius 3 is 2.53 bits per heavy atom. The molecule has 0 aliphatic rings. The molecule has 0 saturated heterocycles. The van der Waals surface area contributed by atoms with E-state index in [4.69, 9.17) is 4.74 Å². The number of benzene rings is 2. The molecule has 1 heterocycles. The number of sulfonamides is 1. The lowest BCUT2D eigenvalue weighted by atomic mass is 10.2.